The number of allylic oxidation sites excluding steroid dienone is 4. The van der Waals surface area contributed by atoms with E-state index in [0.29, 0.717) is 18.5 Å². The fourth-order valence-corrected chi connectivity index (χ4v) is 8.87. The third kappa shape index (κ3) is 7.02. The maximum Gasteiger partial charge on any atom is 0.339 e. The predicted molar refractivity (Wildman–Crippen MR) is 227 cm³/mol. The van der Waals surface area contributed by atoms with E-state index in [-0.39, 0.29) is 28.0 Å². The van der Waals surface area contributed by atoms with E-state index in [1.54, 1.807) is 18.2 Å². The SMILES string of the molecule is CC1(C)C=CC2=C(C1)CC(C)(C)c1c2ccc2cc(-c3ccc4ccccc4c3C(O)C=Cc3ccc(C(=O)O)c(O)c3)cc(NCCc3ccc(F)cc3)c12. The van der Waals surface area contributed by atoms with E-state index in [4.69, 9.17) is 0 Å². The summed E-state index contributed by atoms with van der Waals surface area (Å²) in [5.74, 6) is -1.80. The summed E-state index contributed by atoms with van der Waals surface area (Å²) in [6, 6.07) is 32.1. The molecule has 6 heteroatoms. The third-order valence-electron chi connectivity index (χ3n) is 11.4. The number of halogens is 1. The van der Waals surface area contributed by atoms with Crippen LogP contribution in [-0.2, 0) is 11.8 Å². The van der Waals surface area contributed by atoms with Crippen LogP contribution in [0.3, 0.4) is 0 Å². The van der Waals surface area contributed by atoms with Crippen LogP contribution >= 0.6 is 0 Å². The van der Waals surface area contributed by atoms with Crippen molar-refractivity contribution in [3.8, 4) is 16.9 Å². The van der Waals surface area contributed by atoms with Crippen LogP contribution in [0.5, 0.6) is 5.75 Å². The summed E-state index contributed by atoms with van der Waals surface area (Å²) < 4.78 is 13.8. The average Bonchev–Trinajstić information content (AvgIpc) is 3.16. The van der Waals surface area contributed by atoms with Crippen molar-refractivity contribution in [2.24, 2.45) is 5.41 Å². The number of anilines is 1. The van der Waals surface area contributed by atoms with Gasteiger partial charge in [-0.3, -0.25) is 0 Å². The summed E-state index contributed by atoms with van der Waals surface area (Å²) in [5.41, 5.74) is 10.4. The molecule has 0 aliphatic heterocycles. The van der Waals surface area contributed by atoms with Crippen LogP contribution in [0.2, 0.25) is 0 Å². The van der Waals surface area contributed by atoms with Gasteiger partial charge in [-0.25, -0.2) is 9.18 Å². The summed E-state index contributed by atoms with van der Waals surface area (Å²) in [5, 5.41) is 39.7. The molecule has 0 radical (unpaired) electrons. The first-order valence-electron chi connectivity index (χ1n) is 19.2. The van der Waals surface area contributed by atoms with Crippen LogP contribution in [0.25, 0.3) is 44.3 Å². The zero-order valence-corrected chi connectivity index (χ0v) is 32.2. The summed E-state index contributed by atoms with van der Waals surface area (Å²) in [7, 11) is 0. The van der Waals surface area contributed by atoms with Crippen LogP contribution in [0, 0.1) is 11.2 Å². The highest BCUT2D eigenvalue weighted by atomic mass is 19.1. The van der Waals surface area contributed by atoms with E-state index in [0.717, 1.165) is 56.9 Å². The molecule has 0 spiro atoms. The lowest BCUT2D eigenvalue weighted by atomic mass is 9.64. The maximum absolute atomic E-state index is 13.8. The number of fused-ring (bicyclic) bond motifs is 5. The molecule has 8 rings (SSSR count). The normalized spacial score (nSPS) is 16.2. The van der Waals surface area contributed by atoms with Gasteiger partial charge in [-0.1, -0.05) is 124 Å². The minimum Gasteiger partial charge on any atom is -0.507 e. The van der Waals surface area contributed by atoms with Gasteiger partial charge in [0.05, 0.1) is 6.10 Å². The van der Waals surface area contributed by atoms with Gasteiger partial charge in [0.1, 0.15) is 17.1 Å². The van der Waals surface area contributed by atoms with E-state index in [2.05, 4.69) is 81.6 Å². The van der Waals surface area contributed by atoms with Crippen molar-refractivity contribution in [1.82, 2.24) is 0 Å². The summed E-state index contributed by atoms with van der Waals surface area (Å²) in [6.45, 7) is 9.96. The lowest BCUT2D eigenvalue weighted by molar-refractivity contribution is 0.0693. The number of aliphatic hydroxyl groups is 1. The molecule has 56 heavy (non-hydrogen) atoms. The number of aliphatic hydroxyl groups excluding tert-OH is 1. The van der Waals surface area contributed by atoms with Gasteiger partial charge in [0, 0.05) is 23.2 Å². The van der Waals surface area contributed by atoms with Gasteiger partial charge in [-0.15, -0.1) is 0 Å². The number of nitrogens with one attached hydrogen (secondary N) is 1. The smallest absolute Gasteiger partial charge is 0.339 e. The van der Waals surface area contributed by atoms with Gasteiger partial charge in [-0.05, 0) is 122 Å². The fourth-order valence-electron chi connectivity index (χ4n) is 8.87. The Kier molecular flexibility index (Phi) is 9.42. The van der Waals surface area contributed by atoms with Crippen LogP contribution < -0.4 is 5.32 Å². The molecule has 282 valence electrons. The lowest BCUT2D eigenvalue weighted by Gasteiger charge is -2.40. The Bertz CT molecular complexity index is 2630. The van der Waals surface area contributed by atoms with Crippen LogP contribution in [0.15, 0.2) is 127 Å². The first-order chi connectivity index (χ1) is 26.8. The lowest BCUT2D eigenvalue weighted by Crippen LogP contribution is -2.28. The molecule has 6 aromatic carbocycles. The molecular weight excluding hydrogens is 698 g/mol. The Morgan fingerprint density at radius 1 is 0.875 bits per heavy atom. The van der Waals surface area contributed by atoms with Gasteiger partial charge in [0.2, 0.25) is 0 Å². The Balaban J connectivity index is 1.28. The highest BCUT2D eigenvalue weighted by molar-refractivity contribution is 6.05. The average molecular weight is 744 g/mol. The van der Waals surface area contributed by atoms with Crippen LogP contribution in [0.1, 0.15) is 84.8 Å². The van der Waals surface area contributed by atoms with E-state index < -0.39 is 12.1 Å². The summed E-state index contributed by atoms with van der Waals surface area (Å²) >= 11 is 0. The minimum atomic E-state index is -1.21. The van der Waals surface area contributed by atoms with Crippen molar-refractivity contribution in [2.75, 3.05) is 11.9 Å². The Labute approximate surface area is 327 Å². The Morgan fingerprint density at radius 2 is 1.62 bits per heavy atom. The van der Waals surface area contributed by atoms with E-state index in [1.807, 2.05) is 36.4 Å². The standard InChI is InChI=1S/C50H46FNO4/c1-49(2)23-21-37-35(28-49)29-50(3,4)47-40(37)19-14-33-26-34(27-42(45(33)47)52-24-22-30-9-15-36(51)16-10-30)39-18-13-32-7-5-6-8-38(32)46(39)43(53)20-12-31-11-17-41(48(55)56)44(54)25-31/h5-21,23,25-27,43,52-54H,22,24,28-29H2,1-4H3,(H,55,56). The molecule has 0 amide bonds. The molecule has 4 N–H and O–H groups in total. The van der Waals surface area contributed by atoms with Gasteiger partial charge < -0.3 is 20.6 Å². The van der Waals surface area contributed by atoms with E-state index >= 15 is 0 Å². The van der Waals surface area contributed by atoms with Gasteiger partial charge >= 0.3 is 5.97 Å². The first-order valence-corrected chi connectivity index (χ1v) is 19.2. The summed E-state index contributed by atoms with van der Waals surface area (Å²) in [4.78, 5) is 11.5. The van der Waals surface area contributed by atoms with Crippen LogP contribution in [0.4, 0.5) is 10.1 Å². The highest BCUT2D eigenvalue weighted by Gasteiger charge is 2.37. The van der Waals surface area contributed by atoms with Crippen molar-refractivity contribution in [3.63, 3.8) is 0 Å². The molecule has 6 aromatic rings. The number of aromatic carboxylic acids is 1. The molecule has 5 nitrogen and oxygen atoms in total. The second kappa shape index (κ2) is 14.3. The number of carboxylic acids is 1. The Hall–Kier alpha value is -5.98. The Morgan fingerprint density at radius 3 is 2.39 bits per heavy atom. The van der Waals surface area contributed by atoms with Crippen molar-refractivity contribution in [2.45, 2.75) is 58.5 Å². The summed E-state index contributed by atoms with van der Waals surface area (Å²) in [6.07, 6.45) is 9.74. The molecule has 0 saturated heterocycles. The zero-order valence-electron chi connectivity index (χ0n) is 32.2. The number of benzene rings is 6. The van der Waals surface area contributed by atoms with E-state index in [9.17, 15) is 24.5 Å². The minimum absolute atomic E-state index is 0.120. The molecule has 0 saturated carbocycles. The van der Waals surface area contributed by atoms with Crippen molar-refractivity contribution in [3.05, 3.63) is 166 Å². The molecule has 0 fully saturated rings. The van der Waals surface area contributed by atoms with Crippen molar-refractivity contribution >= 4 is 44.9 Å². The zero-order chi connectivity index (χ0) is 39.4. The molecule has 1 unspecified atom stereocenters. The number of aromatic hydroxyl groups is 1. The highest BCUT2D eigenvalue weighted by Crippen LogP contribution is 2.52. The van der Waals surface area contributed by atoms with Gasteiger partial charge in [-0.2, -0.15) is 0 Å². The van der Waals surface area contributed by atoms with E-state index in [1.165, 1.54) is 51.9 Å². The number of carbonyl (C=O) groups is 1. The quantitative estimate of drug-likeness (QED) is 0.118. The largest absolute Gasteiger partial charge is 0.507 e. The number of hydrogen-bond donors (Lipinski definition) is 4. The molecule has 2 aliphatic carbocycles. The monoisotopic (exact) mass is 743 g/mol. The molecule has 1 atom stereocenters. The predicted octanol–water partition coefficient (Wildman–Crippen LogP) is 12.0. The molecule has 0 aromatic heterocycles. The number of carboxylic acid groups (broad SMARTS) is 1. The maximum atomic E-state index is 13.8. The van der Waals surface area contributed by atoms with Gasteiger partial charge in [0.25, 0.3) is 0 Å². The molecular formula is C50H46FNO4. The third-order valence-corrected chi connectivity index (χ3v) is 11.4. The van der Waals surface area contributed by atoms with Crippen molar-refractivity contribution in [1.29, 1.82) is 0 Å². The van der Waals surface area contributed by atoms with Crippen LogP contribution in [-0.4, -0.2) is 27.8 Å². The number of hydrogen-bond acceptors (Lipinski definition) is 4. The molecule has 2 aliphatic rings. The number of rotatable bonds is 9. The molecule has 0 heterocycles. The van der Waals surface area contributed by atoms with Gasteiger partial charge in [0.15, 0.2) is 0 Å². The molecule has 0 bridgehead atoms. The van der Waals surface area contributed by atoms with Crippen molar-refractivity contribution < 1.29 is 24.5 Å². The first kappa shape index (κ1) is 37.0. The second-order valence-corrected chi connectivity index (χ2v) is 16.6. The number of phenols is 1. The topological polar surface area (TPSA) is 89.8 Å². The fraction of sp³-hybridized carbons (Fsp3) is 0.220. The second-order valence-electron chi connectivity index (χ2n) is 16.6.